The zero-order valence-electron chi connectivity index (χ0n) is 9.86. The van der Waals surface area contributed by atoms with Crippen LogP contribution in [0, 0.1) is 11.8 Å². The molecule has 0 spiro atoms. The van der Waals surface area contributed by atoms with E-state index >= 15 is 0 Å². The van der Waals surface area contributed by atoms with Gasteiger partial charge in [0, 0.05) is 19.2 Å². The summed E-state index contributed by atoms with van der Waals surface area (Å²) in [6, 6.07) is 0.573. The highest BCUT2D eigenvalue weighted by atomic mass is 16.3. The Labute approximate surface area is 97.3 Å². The molecular formula is C12H23N3O. The summed E-state index contributed by atoms with van der Waals surface area (Å²) in [7, 11) is 0. The lowest BCUT2D eigenvalue weighted by Gasteiger charge is -2.28. The fraction of sp³-hybridized carbons (Fsp3) is 0.917. The van der Waals surface area contributed by atoms with E-state index < -0.39 is 0 Å². The van der Waals surface area contributed by atoms with Crippen LogP contribution < -0.4 is 11.1 Å². The summed E-state index contributed by atoms with van der Waals surface area (Å²) < 4.78 is 0. The van der Waals surface area contributed by atoms with Gasteiger partial charge in [0.05, 0.1) is 0 Å². The molecule has 2 rings (SSSR count). The van der Waals surface area contributed by atoms with Gasteiger partial charge in [0.15, 0.2) is 5.96 Å². The van der Waals surface area contributed by atoms with Gasteiger partial charge in [-0.15, -0.1) is 0 Å². The normalized spacial score (nSPS) is 31.4. The molecule has 92 valence electrons. The van der Waals surface area contributed by atoms with Crippen LogP contribution in [0.4, 0.5) is 0 Å². The van der Waals surface area contributed by atoms with E-state index in [1.165, 1.54) is 32.1 Å². The maximum Gasteiger partial charge on any atom is 0.188 e. The van der Waals surface area contributed by atoms with E-state index in [0.29, 0.717) is 30.4 Å². The minimum Gasteiger partial charge on any atom is -0.396 e. The van der Waals surface area contributed by atoms with E-state index in [1.807, 2.05) is 0 Å². The Morgan fingerprint density at radius 3 is 2.50 bits per heavy atom. The number of aliphatic hydroxyl groups excluding tert-OH is 1. The Bertz CT molecular complexity index is 251. The Morgan fingerprint density at radius 1 is 1.19 bits per heavy atom. The van der Waals surface area contributed by atoms with Crippen LogP contribution in [0.3, 0.4) is 0 Å². The van der Waals surface area contributed by atoms with E-state index in [1.54, 1.807) is 0 Å². The van der Waals surface area contributed by atoms with Crippen molar-refractivity contribution in [2.45, 2.75) is 44.6 Å². The molecule has 4 nitrogen and oxygen atoms in total. The van der Waals surface area contributed by atoms with Crippen LogP contribution in [0.1, 0.15) is 38.5 Å². The molecule has 0 bridgehead atoms. The van der Waals surface area contributed by atoms with Gasteiger partial charge in [-0.05, 0) is 37.5 Å². The average Bonchev–Trinajstić information content (AvgIpc) is 3.10. The Hall–Kier alpha value is -0.770. The number of hydrogen-bond donors (Lipinski definition) is 3. The summed E-state index contributed by atoms with van der Waals surface area (Å²) >= 11 is 0. The number of rotatable bonds is 4. The van der Waals surface area contributed by atoms with E-state index in [9.17, 15) is 5.11 Å². The summed E-state index contributed by atoms with van der Waals surface area (Å²) in [4.78, 5) is 4.40. The molecule has 0 aliphatic heterocycles. The fourth-order valence-corrected chi connectivity index (χ4v) is 2.46. The van der Waals surface area contributed by atoms with Crippen molar-refractivity contribution >= 4 is 5.96 Å². The minimum atomic E-state index is 0.302. The molecule has 0 aromatic rings. The predicted molar refractivity (Wildman–Crippen MR) is 65.2 cm³/mol. The smallest absolute Gasteiger partial charge is 0.188 e. The van der Waals surface area contributed by atoms with Gasteiger partial charge in [0.25, 0.3) is 0 Å². The van der Waals surface area contributed by atoms with Gasteiger partial charge in [-0.2, -0.15) is 0 Å². The third-order valence-electron chi connectivity index (χ3n) is 3.73. The lowest BCUT2D eigenvalue weighted by atomic mass is 9.80. The summed E-state index contributed by atoms with van der Waals surface area (Å²) in [6.07, 6.45) is 7.30. The largest absolute Gasteiger partial charge is 0.396 e. The zero-order valence-corrected chi connectivity index (χ0v) is 9.86. The maximum absolute atomic E-state index is 9.29. The second-order valence-electron chi connectivity index (χ2n) is 5.13. The summed E-state index contributed by atoms with van der Waals surface area (Å²) in [5.41, 5.74) is 5.80. The number of guanidine groups is 1. The first-order chi connectivity index (χ1) is 7.79. The van der Waals surface area contributed by atoms with Crippen LogP contribution in [0.25, 0.3) is 0 Å². The van der Waals surface area contributed by atoms with Crippen LogP contribution in [-0.4, -0.2) is 30.3 Å². The molecule has 2 saturated carbocycles. The highest BCUT2D eigenvalue weighted by Crippen LogP contribution is 2.29. The number of aliphatic hydroxyl groups is 1. The van der Waals surface area contributed by atoms with Crippen LogP contribution >= 0.6 is 0 Å². The molecule has 4 heteroatoms. The molecule has 0 saturated heterocycles. The summed E-state index contributed by atoms with van der Waals surface area (Å²) in [5.74, 6) is 1.55. The zero-order chi connectivity index (χ0) is 11.4. The molecule has 0 radical (unpaired) electrons. The highest BCUT2D eigenvalue weighted by molar-refractivity contribution is 5.78. The Balaban J connectivity index is 1.77. The van der Waals surface area contributed by atoms with Crippen molar-refractivity contribution < 1.29 is 5.11 Å². The molecule has 2 aliphatic rings. The molecule has 2 unspecified atom stereocenters. The van der Waals surface area contributed by atoms with E-state index in [4.69, 9.17) is 5.73 Å². The molecule has 2 atom stereocenters. The molecule has 4 N–H and O–H groups in total. The Kier molecular flexibility index (Phi) is 4.04. The van der Waals surface area contributed by atoms with Gasteiger partial charge < -0.3 is 16.2 Å². The molecule has 2 fully saturated rings. The third-order valence-corrected chi connectivity index (χ3v) is 3.73. The van der Waals surface area contributed by atoms with Gasteiger partial charge in [-0.25, -0.2) is 0 Å². The topological polar surface area (TPSA) is 70.6 Å². The predicted octanol–water partition coefficient (Wildman–Crippen LogP) is 0.852. The van der Waals surface area contributed by atoms with E-state index in [2.05, 4.69) is 10.3 Å². The second kappa shape index (κ2) is 5.53. The lowest BCUT2D eigenvalue weighted by Crippen LogP contribution is -2.34. The summed E-state index contributed by atoms with van der Waals surface area (Å²) in [5, 5.41) is 12.5. The molecule has 0 heterocycles. The van der Waals surface area contributed by atoms with Gasteiger partial charge in [0.1, 0.15) is 0 Å². The van der Waals surface area contributed by atoms with Crippen molar-refractivity contribution in [2.75, 3.05) is 13.2 Å². The highest BCUT2D eigenvalue weighted by Gasteiger charge is 2.25. The van der Waals surface area contributed by atoms with Crippen molar-refractivity contribution in [2.24, 2.45) is 22.6 Å². The van der Waals surface area contributed by atoms with Crippen molar-refractivity contribution in [3.63, 3.8) is 0 Å². The minimum absolute atomic E-state index is 0.302. The standard InChI is InChI=1S/C12H23N3O/c13-12(15-11-5-6-11)14-7-9-3-1-2-4-10(9)8-16/h9-11,16H,1-8H2,(H3,13,14,15). The first-order valence-corrected chi connectivity index (χ1v) is 6.47. The van der Waals surface area contributed by atoms with Crippen LogP contribution in [0.5, 0.6) is 0 Å². The van der Waals surface area contributed by atoms with Crippen molar-refractivity contribution in [1.82, 2.24) is 5.32 Å². The van der Waals surface area contributed by atoms with Crippen molar-refractivity contribution in [3.05, 3.63) is 0 Å². The van der Waals surface area contributed by atoms with E-state index in [-0.39, 0.29) is 0 Å². The van der Waals surface area contributed by atoms with Crippen LogP contribution in [0.15, 0.2) is 4.99 Å². The maximum atomic E-state index is 9.29. The van der Waals surface area contributed by atoms with Gasteiger partial charge in [0.2, 0.25) is 0 Å². The molecule has 2 aliphatic carbocycles. The molecule has 16 heavy (non-hydrogen) atoms. The van der Waals surface area contributed by atoms with Crippen LogP contribution in [0.2, 0.25) is 0 Å². The number of nitrogens with zero attached hydrogens (tertiary/aromatic N) is 1. The Morgan fingerprint density at radius 2 is 1.88 bits per heavy atom. The molecule has 0 amide bonds. The first-order valence-electron chi connectivity index (χ1n) is 6.47. The van der Waals surface area contributed by atoms with Gasteiger partial charge in [-0.1, -0.05) is 12.8 Å². The molecule has 0 aromatic carbocycles. The fourth-order valence-electron chi connectivity index (χ4n) is 2.46. The number of aliphatic imine (C=N–C) groups is 1. The number of hydrogen-bond acceptors (Lipinski definition) is 2. The van der Waals surface area contributed by atoms with Gasteiger partial charge >= 0.3 is 0 Å². The van der Waals surface area contributed by atoms with Crippen LogP contribution in [-0.2, 0) is 0 Å². The lowest BCUT2D eigenvalue weighted by molar-refractivity contribution is 0.139. The van der Waals surface area contributed by atoms with Crippen molar-refractivity contribution in [1.29, 1.82) is 0 Å². The summed E-state index contributed by atoms with van der Waals surface area (Å²) in [6.45, 7) is 1.08. The first kappa shape index (κ1) is 11.7. The average molecular weight is 225 g/mol. The van der Waals surface area contributed by atoms with Gasteiger partial charge in [-0.3, -0.25) is 4.99 Å². The number of nitrogens with one attached hydrogen (secondary N) is 1. The third kappa shape index (κ3) is 3.37. The molecule has 0 aromatic heterocycles. The SMILES string of the molecule is NC(=NCC1CCCCC1CO)NC1CC1. The monoisotopic (exact) mass is 225 g/mol. The number of nitrogens with two attached hydrogens (primary N) is 1. The second-order valence-corrected chi connectivity index (χ2v) is 5.13. The quantitative estimate of drug-likeness (QED) is 0.491. The van der Waals surface area contributed by atoms with Crippen molar-refractivity contribution in [3.8, 4) is 0 Å². The van der Waals surface area contributed by atoms with E-state index in [0.717, 1.165) is 13.0 Å². The molecular weight excluding hydrogens is 202 g/mol.